The van der Waals surface area contributed by atoms with Crippen LogP contribution in [0.2, 0.25) is 0 Å². The van der Waals surface area contributed by atoms with E-state index in [4.69, 9.17) is 9.47 Å². The summed E-state index contributed by atoms with van der Waals surface area (Å²) >= 11 is 0. The molecule has 3 nitrogen and oxygen atoms in total. The number of carbonyl (C=O) groups is 1. The second-order valence-electron chi connectivity index (χ2n) is 3.86. The van der Waals surface area contributed by atoms with Crippen LogP contribution in [0.15, 0.2) is 0 Å². The van der Waals surface area contributed by atoms with Crippen LogP contribution in [-0.2, 0) is 14.3 Å². The van der Waals surface area contributed by atoms with Crippen LogP contribution in [0, 0.1) is 5.92 Å². The molecule has 1 unspecified atom stereocenters. The largest absolute Gasteiger partial charge is 0.435 e. The quantitative estimate of drug-likeness (QED) is 0.614. The van der Waals surface area contributed by atoms with Gasteiger partial charge in [0.05, 0.1) is 12.5 Å². The minimum atomic E-state index is -0.227. The average Bonchev–Trinajstić information content (AvgIpc) is 2.12. The Bertz CT molecular complexity index is 181. The van der Waals surface area contributed by atoms with Gasteiger partial charge in [-0.15, -0.1) is 0 Å². The SMILES string of the molecule is O=C(OC1CCO1)C1CCCCC1. The second kappa shape index (κ2) is 4.09. The highest BCUT2D eigenvalue weighted by molar-refractivity contribution is 5.72. The molecule has 74 valence electrons. The Hall–Kier alpha value is -0.570. The lowest BCUT2D eigenvalue weighted by Gasteiger charge is -2.28. The highest BCUT2D eigenvalue weighted by atomic mass is 16.7. The standard InChI is InChI=1S/C10H16O3/c11-10(13-9-6-7-12-9)8-4-2-1-3-5-8/h8-9H,1-7H2. The maximum absolute atomic E-state index is 11.5. The van der Waals surface area contributed by atoms with Gasteiger partial charge < -0.3 is 9.47 Å². The van der Waals surface area contributed by atoms with Gasteiger partial charge >= 0.3 is 5.97 Å². The van der Waals surface area contributed by atoms with Crippen LogP contribution < -0.4 is 0 Å². The molecule has 0 bridgehead atoms. The first-order valence-corrected chi connectivity index (χ1v) is 5.18. The van der Waals surface area contributed by atoms with Gasteiger partial charge in [0.25, 0.3) is 0 Å². The number of rotatable bonds is 2. The molecule has 3 heteroatoms. The summed E-state index contributed by atoms with van der Waals surface area (Å²) in [5.74, 6) is 0.113. The van der Waals surface area contributed by atoms with E-state index in [1.165, 1.54) is 19.3 Å². The van der Waals surface area contributed by atoms with Gasteiger partial charge in [0.2, 0.25) is 6.29 Å². The Balaban J connectivity index is 1.74. The number of hydrogen-bond donors (Lipinski definition) is 0. The average molecular weight is 184 g/mol. The molecule has 0 amide bonds. The second-order valence-corrected chi connectivity index (χ2v) is 3.86. The predicted molar refractivity (Wildman–Crippen MR) is 47.0 cm³/mol. The summed E-state index contributed by atoms with van der Waals surface area (Å²) < 4.78 is 10.2. The van der Waals surface area contributed by atoms with Crippen LogP contribution in [0.4, 0.5) is 0 Å². The molecule has 1 saturated carbocycles. The lowest BCUT2D eigenvalue weighted by atomic mass is 9.89. The van der Waals surface area contributed by atoms with Crippen LogP contribution in [0.3, 0.4) is 0 Å². The zero-order chi connectivity index (χ0) is 9.10. The van der Waals surface area contributed by atoms with Crippen LogP contribution >= 0.6 is 0 Å². The number of hydrogen-bond acceptors (Lipinski definition) is 3. The molecule has 13 heavy (non-hydrogen) atoms. The first-order chi connectivity index (χ1) is 6.36. The van der Waals surface area contributed by atoms with E-state index in [9.17, 15) is 4.79 Å². The van der Waals surface area contributed by atoms with E-state index in [0.29, 0.717) is 0 Å². The summed E-state index contributed by atoms with van der Waals surface area (Å²) in [4.78, 5) is 11.5. The van der Waals surface area contributed by atoms with Gasteiger partial charge in [-0.2, -0.15) is 0 Å². The monoisotopic (exact) mass is 184 g/mol. The summed E-state index contributed by atoms with van der Waals surface area (Å²) in [7, 11) is 0. The lowest BCUT2D eigenvalue weighted by molar-refractivity contribution is -0.220. The van der Waals surface area contributed by atoms with Crippen molar-refractivity contribution in [3.05, 3.63) is 0 Å². The molecular formula is C10H16O3. The molecular weight excluding hydrogens is 168 g/mol. The summed E-state index contributed by atoms with van der Waals surface area (Å²) in [6, 6.07) is 0. The van der Waals surface area contributed by atoms with Gasteiger partial charge in [0.15, 0.2) is 0 Å². The van der Waals surface area contributed by atoms with Crippen LogP contribution in [-0.4, -0.2) is 18.9 Å². The minimum Gasteiger partial charge on any atom is -0.435 e. The Morgan fingerprint density at radius 3 is 2.38 bits per heavy atom. The molecule has 2 fully saturated rings. The van der Waals surface area contributed by atoms with Gasteiger partial charge in [-0.25, -0.2) is 0 Å². The molecule has 1 saturated heterocycles. The van der Waals surface area contributed by atoms with Crippen molar-refractivity contribution < 1.29 is 14.3 Å². The van der Waals surface area contributed by atoms with Gasteiger partial charge in [-0.1, -0.05) is 19.3 Å². The van der Waals surface area contributed by atoms with Crippen molar-refractivity contribution >= 4 is 5.97 Å². The fourth-order valence-electron chi connectivity index (χ4n) is 1.87. The van der Waals surface area contributed by atoms with Gasteiger partial charge in [0, 0.05) is 6.42 Å². The topological polar surface area (TPSA) is 35.5 Å². The minimum absolute atomic E-state index is 0.0376. The zero-order valence-corrected chi connectivity index (χ0v) is 7.83. The molecule has 1 atom stereocenters. The smallest absolute Gasteiger partial charge is 0.311 e. The molecule has 0 aromatic carbocycles. The lowest BCUT2D eigenvalue weighted by Crippen LogP contribution is -2.34. The number of esters is 1. The Labute approximate surface area is 78.4 Å². The van der Waals surface area contributed by atoms with E-state index in [-0.39, 0.29) is 18.2 Å². The summed E-state index contributed by atoms with van der Waals surface area (Å²) in [6.45, 7) is 0.739. The highest BCUT2D eigenvalue weighted by Crippen LogP contribution is 2.26. The summed E-state index contributed by atoms with van der Waals surface area (Å²) in [6.07, 6.45) is 6.27. The molecule has 2 rings (SSSR count). The third kappa shape index (κ3) is 2.21. The Kier molecular flexibility index (Phi) is 2.83. The number of ether oxygens (including phenoxy) is 2. The zero-order valence-electron chi connectivity index (χ0n) is 7.83. The fraction of sp³-hybridized carbons (Fsp3) is 0.900. The normalized spacial score (nSPS) is 29.4. The van der Waals surface area contributed by atoms with Crippen molar-refractivity contribution in [2.75, 3.05) is 6.61 Å². The van der Waals surface area contributed by atoms with Crippen molar-refractivity contribution in [3.63, 3.8) is 0 Å². The molecule has 2 aliphatic rings. The van der Waals surface area contributed by atoms with E-state index in [1.807, 2.05) is 0 Å². The van der Waals surface area contributed by atoms with E-state index < -0.39 is 0 Å². The van der Waals surface area contributed by atoms with Gasteiger partial charge in [-0.3, -0.25) is 4.79 Å². The third-order valence-electron chi connectivity index (χ3n) is 2.84. The van der Waals surface area contributed by atoms with Gasteiger partial charge in [-0.05, 0) is 12.8 Å². The molecule has 0 N–H and O–H groups in total. The first-order valence-electron chi connectivity index (χ1n) is 5.18. The van der Waals surface area contributed by atoms with Crippen molar-refractivity contribution in [1.82, 2.24) is 0 Å². The third-order valence-corrected chi connectivity index (χ3v) is 2.84. The van der Waals surface area contributed by atoms with Crippen molar-refractivity contribution in [3.8, 4) is 0 Å². The Morgan fingerprint density at radius 1 is 1.15 bits per heavy atom. The molecule has 0 aromatic rings. The molecule has 1 aliphatic carbocycles. The fourth-order valence-corrected chi connectivity index (χ4v) is 1.87. The van der Waals surface area contributed by atoms with Crippen molar-refractivity contribution in [2.24, 2.45) is 5.92 Å². The summed E-state index contributed by atoms with van der Waals surface area (Å²) in [5.41, 5.74) is 0. The van der Waals surface area contributed by atoms with Gasteiger partial charge in [0.1, 0.15) is 0 Å². The van der Waals surface area contributed by atoms with Crippen LogP contribution in [0.5, 0.6) is 0 Å². The summed E-state index contributed by atoms with van der Waals surface area (Å²) in [5, 5.41) is 0. The molecule has 0 spiro atoms. The van der Waals surface area contributed by atoms with Crippen LogP contribution in [0.25, 0.3) is 0 Å². The van der Waals surface area contributed by atoms with Crippen LogP contribution in [0.1, 0.15) is 38.5 Å². The number of carbonyl (C=O) groups excluding carboxylic acids is 1. The molecule has 1 heterocycles. The Morgan fingerprint density at radius 2 is 1.85 bits per heavy atom. The first kappa shape index (κ1) is 9.00. The van der Waals surface area contributed by atoms with E-state index in [1.54, 1.807) is 0 Å². The van der Waals surface area contributed by atoms with Crippen molar-refractivity contribution in [2.45, 2.75) is 44.8 Å². The molecule has 1 aliphatic heterocycles. The molecule has 0 radical (unpaired) electrons. The van der Waals surface area contributed by atoms with Crippen molar-refractivity contribution in [1.29, 1.82) is 0 Å². The van der Waals surface area contributed by atoms with E-state index in [0.717, 1.165) is 25.9 Å². The highest BCUT2D eigenvalue weighted by Gasteiger charge is 2.28. The maximum atomic E-state index is 11.5. The molecule has 0 aromatic heterocycles. The van der Waals surface area contributed by atoms with E-state index in [2.05, 4.69) is 0 Å². The predicted octanol–water partition coefficient (Wildman–Crippen LogP) is 1.86. The van der Waals surface area contributed by atoms with E-state index >= 15 is 0 Å². The maximum Gasteiger partial charge on any atom is 0.311 e.